The molecule has 0 saturated heterocycles. The van der Waals surface area contributed by atoms with E-state index in [0.29, 0.717) is 23.9 Å². The third kappa shape index (κ3) is 5.69. The third-order valence-corrected chi connectivity index (χ3v) is 5.88. The molecule has 28 heavy (non-hydrogen) atoms. The van der Waals surface area contributed by atoms with Crippen molar-refractivity contribution in [2.75, 3.05) is 24.5 Å². The van der Waals surface area contributed by atoms with Gasteiger partial charge in [0.2, 0.25) is 5.91 Å². The summed E-state index contributed by atoms with van der Waals surface area (Å²) < 4.78 is 45.5. The summed E-state index contributed by atoms with van der Waals surface area (Å²) in [6.07, 6.45) is 0.791. The molecule has 152 valence electrons. The maximum absolute atomic E-state index is 13.2. The van der Waals surface area contributed by atoms with Crippen LogP contribution in [0.1, 0.15) is 20.3 Å². The number of methoxy groups -OCH3 is 1. The summed E-state index contributed by atoms with van der Waals surface area (Å²) in [5.41, 5.74) is 0.309. The second kappa shape index (κ2) is 9.54. The topological polar surface area (TPSA) is 75.7 Å². The molecular formula is C20H25FN2O4S. The van der Waals surface area contributed by atoms with Gasteiger partial charge in [-0.15, -0.1) is 0 Å². The van der Waals surface area contributed by atoms with Gasteiger partial charge in [0.15, 0.2) is 0 Å². The van der Waals surface area contributed by atoms with Crippen LogP contribution >= 0.6 is 0 Å². The Kier molecular flexibility index (Phi) is 7.39. The van der Waals surface area contributed by atoms with E-state index in [9.17, 15) is 17.6 Å². The van der Waals surface area contributed by atoms with E-state index < -0.39 is 21.7 Å². The molecule has 0 fully saturated rings. The number of rotatable bonds is 9. The van der Waals surface area contributed by atoms with Crippen LogP contribution in [0, 0.1) is 11.7 Å². The van der Waals surface area contributed by atoms with Crippen LogP contribution in [-0.4, -0.2) is 34.5 Å². The SMILES string of the molecule is COc1ccc(N(CC(=O)NCCC(C)C)S(=O)(=O)c2ccc(F)cc2)cc1. The minimum Gasteiger partial charge on any atom is -0.497 e. The van der Waals surface area contributed by atoms with Crippen molar-refractivity contribution in [1.82, 2.24) is 5.32 Å². The van der Waals surface area contributed by atoms with Crippen LogP contribution in [0.5, 0.6) is 5.75 Å². The number of carbonyl (C=O) groups is 1. The summed E-state index contributed by atoms with van der Waals surface area (Å²) in [5.74, 6) is 0.0220. The van der Waals surface area contributed by atoms with Crippen molar-refractivity contribution in [1.29, 1.82) is 0 Å². The molecule has 1 N–H and O–H groups in total. The Balaban J connectivity index is 2.32. The van der Waals surface area contributed by atoms with Gasteiger partial charge in [-0.25, -0.2) is 12.8 Å². The van der Waals surface area contributed by atoms with Crippen molar-refractivity contribution in [3.63, 3.8) is 0 Å². The van der Waals surface area contributed by atoms with Crippen molar-refractivity contribution in [3.8, 4) is 5.75 Å². The van der Waals surface area contributed by atoms with Crippen LogP contribution in [0.3, 0.4) is 0 Å². The number of benzene rings is 2. The molecule has 0 aromatic heterocycles. The van der Waals surface area contributed by atoms with Gasteiger partial charge in [0.05, 0.1) is 17.7 Å². The van der Waals surface area contributed by atoms with Crippen LogP contribution in [0.4, 0.5) is 10.1 Å². The average molecular weight is 408 g/mol. The fourth-order valence-corrected chi connectivity index (χ4v) is 3.90. The molecule has 2 aromatic carbocycles. The fourth-order valence-electron chi connectivity index (χ4n) is 2.48. The monoisotopic (exact) mass is 408 g/mol. The molecule has 6 nitrogen and oxygen atoms in total. The maximum atomic E-state index is 13.2. The van der Waals surface area contributed by atoms with Crippen LogP contribution in [0.25, 0.3) is 0 Å². The average Bonchev–Trinajstić information content (AvgIpc) is 2.66. The molecule has 0 aliphatic rings. The zero-order valence-corrected chi connectivity index (χ0v) is 17.0. The molecule has 0 saturated carbocycles. The molecule has 0 aliphatic carbocycles. The van der Waals surface area contributed by atoms with E-state index in [2.05, 4.69) is 5.32 Å². The molecule has 0 atom stereocenters. The number of anilines is 1. The minimum atomic E-state index is -4.06. The van der Waals surface area contributed by atoms with E-state index in [4.69, 9.17) is 4.74 Å². The lowest BCUT2D eigenvalue weighted by molar-refractivity contribution is -0.119. The van der Waals surface area contributed by atoms with E-state index in [0.717, 1.165) is 22.9 Å². The number of hydrogen-bond acceptors (Lipinski definition) is 4. The lowest BCUT2D eigenvalue weighted by atomic mass is 10.1. The van der Waals surface area contributed by atoms with Gasteiger partial charge in [-0.1, -0.05) is 13.8 Å². The van der Waals surface area contributed by atoms with Gasteiger partial charge in [-0.2, -0.15) is 0 Å². The van der Waals surface area contributed by atoms with Gasteiger partial charge in [0.25, 0.3) is 10.0 Å². The van der Waals surface area contributed by atoms with Gasteiger partial charge in [0, 0.05) is 6.54 Å². The minimum absolute atomic E-state index is 0.0975. The Morgan fingerprint density at radius 1 is 1.11 bits per heavy atom. The zero-order chi connectivity index (χ0) is 20.7. The first-order valence-corrected chi connectivity index (χ1v) is 10.4. The predicted octanol–water partition coefficient (Wildman–Crippen LogP) is 3.19. The van der Waals surface area contributed by atoms with Crippen LogP contribution in [0.15, 0.2) is 53.4 Å². The Labute approximate surface area is 165 Å². The molecule has 8 heteroatoms. The third-order valence-electron chi connectivity index (χ3n) is 4.09. The van der Waals surface area contributed by atoms with E-state index >= 15 is 0 Å². The Morgan fingerprint density at radius 2 is 1.71 bits per heavy atom. The molecule has 1 amide bonds. The highest BCUT2D eigenvalue weighted by molar-refractivity contribution is 7.92. The standard InChI is InChI=1S/C20H25FN2O4S/c1-15(2)12-13-22-20(24)14-23(17-6-8-18(27-3)9-7-17)28(25,26)19-10-4-16(21)5-11-19/h4-11,15H,12-14H2,1-3H3,(H,22,24). The highest BCUT2D eigenvalue weighted by Gasteiger charge is 2.27. The Hall–Kier alpha value is -2.61. The van der Waals surface area contributed by atoms with Crippen molar-refractivity contribution in [2.45, 2.75) is 25.2 Å². The van der Waals surface area contributed by atoms with Crippen molar-refractivity contribution >= 4 is 21.6 Å². The van der Waals surface area contributed by atoms with E-state index in [-0.39, 0.29) is 11.4 Å². The van der Waals surface area contributed by atoms with Gasteiger partial charge in [0.1, 0.15) is 18.1 Å². The molecule has 2 rings (SSSR count). The zero-order valence-electron chi connectivity index (χ0n) is 16.2. The smallest absolute Gasteiger partial charge is 0.264 e. The second-order valence-electron chi connectivity index (χ2n) is 6.70. The van der Waals surface area contributed by atoms with Crippen molar-refractivity contribution in [2.24, 2.45) is 5.92 Å². The largest absolute Gasteiger partial charge is 0.497 e. The summed E-state index contributed by atoms with van der Waals surface area (Å²) in [6.45, 7) is 4.15. The van der Waals surface area contributed by atoms with Gasteiger partial charge in [-0.3, -0.25) is 9.10 Å². The quantitative estimate of drug-likeness (QED) is 0.691. The second-order valence-corrected chi connectivity index (χ2v) is 8.56. The number of hydrogen-bond donors (Lipinski definition) is 1. The number of amides is 1. The summed E-state index contributed by atoms with van der Waals surface area (Å²) in [5, 5.41) is 2.74. The van der Waals surface area contributed by atoms with Crippen LogP contribution in [-0.2, 0) is 14.8 Å². The predicted molar refractivity (Wildman–Crippen MR) is 106 cm³/mol. The first-order valence-electron chi connectivity index (χ1n) is 8.93. The highest BCUT2D eigenvalue weighted by Crippen LogP contribution is 2.25. The Bertz CT molecular complexity index is 881. The number of sulfonamides is 1. The first-order chi connectivity index (χ1) is 13.2. The number of halogens is 1. The molecular weight excluding hydrogens is 383 g/mol. The van der Waals surface area contributed by atoms with Gasteiger partial charge >= 0.3 is 0 Å². The normalized spacial score (nSPS) is 11.3. The molecule has 0 unspecified atom stereocenters. The summed E-state index contributed by atoms with van der Waals surface area (Å²) in [4.78, 5) is 12.3. The molecule has 2 aromatic rings. The summed E-state index contributed by atoms with van der Waals surface area (Å²) >= 11 is 0. The highest BCUT2D eigenvalue weighted by atomic mass is 32.2. The number of ether oxygens (including phenoxy) is 1. The number of nitrogens with zero attached hydrogens (tertiary/aromatic N) is 1. The molecule has 0 spiro atoms. The first kappa shape index (κ1) is 21.7. The maximum Gasteiger partial charge on any atom is 0.264 e. The molecule has 0 aliphatic heterocycles. The summed E-state index contributed by atoms with van der Waals surface area (Å²) in [7, 11) is -2.56. The van der Waals surface area contributed by atoms with Crippen LogP contribution < -0.4 is 14.4 Å². The van der Waals surface area contributed by atoms with Gasteiger partial charge in [-0.05, 0) is 60.9 Å². The summed E-state index contributed by atoms with van der Waals surface area (Å²) in [6, 6.07) is 10.8. The van der Waals surface area contributed by atoms with E-state index in [1.165, 1.54) is 19.2 Å². The fraction of sp³-hybridized carbons (Fsp3) is 0.350. The number of nitrogens with one attached hydrogen (secondary N) is 1. The lowest BCUT2D eigenvalue weighted by Crippen LogP contribution is -2.41. The van der Waals surface area contributed by atoms with Gasteiger partial charge < -0.3 is 10.1 Å². The van der Waals surface area contributed by atoms with Crippen molar-refractivity contribution in [3.05, 3.63) is 54.3 Å². The molecule has 0 heterocycles. The lowest BCUT2D eigenvalue weighted by Gasteiger charge is -2.24. The van der Waals surface area contributed by atoms with E-state index in [1.807, 2.05) is 13.8 Å². The Morgan fingerprint density at radius 3 is 2.25 bits per heavy atom. The van der Waals surface area contributed by atoms with E-state index in [1.54, 1.807) is 24.3 Å². The molecule has 0 bridgehead atoms. The molecule has 0 radical (unpaired) electrons. The van der Waals surface area contributed by atoms with Crippen molar-refractivity contribution < 1.29 is 22.3 Å². The van der Waals surface area contributed by atoms with Crippen LogP contribution in [0.2, 0.25) is 0 Å². The number of carbonyl (C=O) groups excluding carboxylic acids is 1.